The van der Waals surface area contributed by atoms with Crippen LogP contribution >= 0.6 is 0 Å². The lowest BCUT2D eigenvalue weighted by atomic mass is 10.0. The van der Waals surface area contributed by atoms with Crippen molar-refractivity contribution in [2.24, 2.45) is 0 Å². The van der Waals surface area contributed by atoms with Crippen LogP contribution in [0.1, 0.15) is 75.9 Å². The molecular formula is C27H30N4O6. The smallest absolute Gasteiger partial charge is 0.255 e. The maximum absolute atomic E-state index is 12.8. The highest BCUT2D eigenvalue weighted by Gasteiger charge is 2.39. The first-order valence-electron chi connectivity index (χ1n) is 12.4. The van der Waals surface area contributed by atoms with Crippen LogP contribution in [0.25, 0.3) is 0 Å². The first-order valence-corrected chi connectivity index (χ1v) is 12.4. The molecule has 1 atom stereocenters. The van der Waals surface area contributed by atoms with Crippen molar-refractivity contribution in [2.75, 3.05) is 0 Å². The zero-order valence-corrected chi connectivity index (χ0v) is 20.4. The number of carbonyl (C=O) groups excluding carboxylic acids is 5. The summed E-state index contributed by atoms with van der Waals surface area (Å²) in [7, 11) is 0. The summed E-state index contributed by atoms with van der Waals surface area (Å²) in [6.45, 7) is 0.575. The lowest BCUT2D eigenvalue weighted by Crippen LogP contribution is -2.52. The van der Waals surface area contributed by atoms with E-state index in [1.807, 2.05) is 24.3 Å². The molecule has 4 N–H and O–H groups in total. The molecule has 0 saturated carbocycles. The highest BCUT2D eigenvalue weighted by atomic mass is 16.5. The van der Waals surface area contributed by atoms with Crippen molar-refractivity contribution in [1.82, 2.24) is 21.0 Å². The Morgan fingerprint density at radius 2 is 1.76 bits per heavy atom. The van der Waals surface area contributed by atoms with Crippen molar-refractivity contribution in [3.63, 3.8) is 0 Å². The molecule has 0 spiro atoms. The van der Waals surface area contributed by atoms with E-state index >= 15 is 0 Å². The van der Waals surface area contributed by atoms with E-state index < -0.39 is 11.9 Å². The number of fused-ring (bicyclic) bond motifs is 1. The van der Waals surface area contributed by atoms with Crippen LogP contribution in [0.4, 0.5) is 0 Å². The summed E-state index contributed by atoms with van der Waals surface area (Å²) in [5, 5.41) is 13.7. The van der Waals surface area contributed by atoms with Crippen LogP contribution in [-0.2, 0) is 33.9 Å². The quantitative estimate of drug-likeness (QED) is 0.168. The SMILES string of the molecule is O=C(CCCCCc1ccc(CNC(=O)c2ccc3c(c2)CN(C2CCC(=O)NC2=O)C3=O)cc1)NO. The van der Waals surface area contributed by atoms with E-state index in [4.69, 9.17) is 5.21 Å². The van der Waals surface area contributed by atoms with Gasteiger partial charge in [0.1, 0.15) is 6.04 Å². The highest BCUT2D eigenvalue weighted by molar-refractivity contribution is 6.06. The monoisotopic (exact) mass is 506 g/mol. The number of unbranched alkanes of at least 4 members (excludes halogenated alkanes) is 2. The van der Waals surface area contributed by atoms with Gasteiger partial charge in [0.05, 0.1) is 0 Å². The Morgan fingerprint density at radius 1 is 1.00 bits per heavy atom. The molecule has 0 aliphatic carbocycles. The van der Waals surface area contributed by atoms with Gasteiger partial charge in [-0.05, 0) is 60.6 Å². The average Bonchev–Trinajstić information content (AvgIpc) is 3.22. The zero-order chi connectivity index (χ0) is 26.4. The van der Waals surface area contributed by atoms with E-state index in [1.165, 1.54) is 10.5 Å². The van der Waals surface area contributed by atoms with Crippen LogP contribution in [0.3, 0.4) is 0 Å². The Morgan fingerprint density at radius 3 is 2.49 bits per heavy atom. The van der Waals surface area contributed by atoms with Gasteiger partial charge in [-0.1, -0.05) is 30.7 Å². The zero-order valence-electron chi connectivity index (χ0n) is 20.4. The fourth-order valence-electron chi connectivity index (χ4n) is 4.67. The standard InChI is InChI=1S/C27H30N4O6/c32-23-13-12-22(26(35)29-23)31-16-20-14-19(10-11-21(20)27(31)36)25(34)28-15-18-8-6-17(7-9-18)4-2-1-3-5-24(33)30-37/h6-11,14,22,37H,1-5,12-13,15-16H2,(H,28,34)(H,30,33)(H,29,32,35). The lowest BCUT2D eigenvalue weighted by Gasteiger charge is -2.29. The van der Waals surface area contributed by atoms with Gasteiger partial charge in [-0.25, -0.2) is 5.48 Å². The number of hydrogen-bond donors (Lipinski definition) is 4. The van der Waals surface area contributed by atoms with E-state index in [1.54, 1.807) is 23.7 Å². The molecule has 5 amide bonds. The van der Waals surface area contributed by atoms with Crippen molar-refractivity contribution >= 4 is 29.5 Å². The fraction of sp³-hybridized carbons (Fsp3) is 0.370. The van der Waals surface area contributed by atoms with Gasteiger partial charge in [0.2, 0.25) is 17.7 Å². The van der Waals surface area contributed by atoms with Gasteiger partial charge in [-0.3, -0.25) is 34.5 Å². The van der Waals surface area contributed by atoms with Gasteiger partial charge in [0.15, 0.2) is 0 Å². The second-order valence-corrected chi connectivity index (χ2v) is 9.37. The molecule has 2 aromatic carbocycles. The summed E-state index contributed by atoms with van der Waals surface area (Å²) in [6, 6.07) is 12.2. The minimum atomic E-state index is -0.689. The molecule has 37 heavy (non-hydrogen) atoms. The molecule has 0 bridgehead atoms. The van der Waals surface area contributed by atoms with E-state index in [0.717, 1.165) is 31.2 Å². The summed E-state index contributed by atoms with van der Waals surface area (Å²) in [5.74, 6) is -1.69. The normalized spacial score (nSPS) is 16.8. The predicted molar refractivity (Wildman–Crippen MR) is 132 cm³/mol. The van der Waals surface area contributed by atoms with Crippen LogP contribution in [0, 0.1) is 0 Å². The summed E-state index contributed by atoms with van der Waals surface area (Å²) in [5.41, 5.74) is 5.34. The van der Waals surface area contributed by atoms with Crippen molar-refractivity contribution in [3.05, 3.63) is 70.3 Å². The molecule has 1 fully saturated rings. The molecule has 10 heteroatoms. The van der Waals surface area contributed by atoms with Crippen molar-refractivity contribution in [3.8, 4) is 0 Å². The topological polar surface area (TPSA) is 145 Å². The van der Waals surface area contributed by atoms with Crippen molar-refractivity contribution < 1.29 is 29.2 Å². The second kappa shape index (κ2) is 11.8. The Kier molecular flexibility index (Phi) is 8.29. The number of hydrogen-bond acceptors (Lipinski definition) is 6. The number of imide groups is 1. The second-order valence-electron chi connectivity index (χ2n) is 9.37. The number of amides is 5. The summed E-state index contributed by atoms with van der Waals surface area (Å²) in [6.07, 6.45) is 4.24. The molecule has 2 aromatic rings. The molecule has 2 aliphatic heterocycles. The van der Waals surface area contributed by atoms with Gasteiger partial charge in [-0.2, -0.15) is 0 Å². The molecule has 0 aromatic heterocycles. The van der Waals surface area contributed by atoms with Crippen LogP contribution in [0.15, 0.2) is 42.5 Å². The minimum Gasteiger partial charge on any atom is -0.348 e. The lowest BCUT2D eigenvalue weighted by molar-refractivity contribution is -0.137. The van der Waals surface area contributed by atoms with Crippen LogP contribution in [0.5, 0.6) is 0 Å². The largest absolute Gasteiger partial charge is 0.348 e. The van der Waals surface area contributed by atoms with E-state index in [-0.39, 0.29) is 36.6 Å². The number of aryl methyl sites for hydroxylation is 1. The predicted octanol–water partition coefficient (Wildman–Crippen LogP) is 1.99. The Labute approximate surface area is 214 Å². The third-order valence-corrected chi connectivity index (χ3v) is 6.76. The number of nitrogens with one attached hydrogen (secondary N) is 3. The minimum absolute atomic E-state index is 0.191. The van der Waals surface area contributed by atoms with E-state index in [2.05, 4.69) is 10.6 Å². The fourth-order valence-corrected chi connectivity index (χ4v) is 4.67. The molecule has 2 aliphatic rings. The van der Waals surface area contributed by atoms with E-state index in [9.17, 15) is 24.0 Å². The Hall–Kier alpha value is -4.05. The van der Waals surface area contributed by atoms with Crippen LogP contribution < -0.4 is 16.1 Å². The number of piperidine rings is 1. The molecule has 1 unspecified atom stereocenters. The van der Waals surface area contributed by atoms with Gasteiger partial charge in [0.25, 0.3) is 11.8 Å². The molecule has 1 saturated heterocycles. The molecular weight excluding hydrogens is 476 g/mol. The van der Waals surface area contributed by atoms with E-state index in [0.29, 0.717) is 36.1 Å². The number of rotatable bonds is 10. The number of carbonyl (C=O) groups is 5. The number of benzene rings is 2. The average molecular weight is 507 g/mol. The maximum atomic E-state index is 12.8. The Bertz CT molecular complexity index is 1210. The third kappa shape index (κ3) is 6.39. The number of nitrogens with zero attached hydrogens (tertiary/aromatic N) is 1. The molecule has 0 radical (unpaired) electrons. The molecule has 2 heterocycles. The molecule has 194 valence electrons. The number of hydroxylamine groups is 1. The molecule has 10 nitrogen and oxygen atoms in total. The van der Waals surface area contributed by atoms with Crippen LogP contribution in [-0.4, -0.2) is 45.7 Å². The maximum Gasteiger partial charge on any atom is 0.255 e. The first kappa shape index (κ1) is 26.0. The van der Waals surface area contributed by atoms with Gasteiger partial charge in [-0.15, -0.1) is 0 Å². The van der Waals surface area contributed by atoms with Crippen LogP contribution in [0.2, 0.25) is 0 Å². The van der Waals surface area contributed by atoms with Gasteiger partial charge < -0.3 is 10.2 Å². The first-order chi connectivity index (χ1) is 17.9. The van der Waals surface area contributed by atoms with Gasteiger partial charge >= 0.3 is 0 Å². The van der Waals surface area contributed by atoms with Crippen molar-refractivity contribution in [2.45, 2.75) is 64.1 Å². The summed E-state index contributed by atoms with van der Waals surface area (Å²) >= 11 is 0. The summed E-state index contributed by atoms with van der Waals surface area (Å²) < 4.78 is 0. The van der Waals surface area contributed by atoms with Gasteiger partial charge in [0, 0.05) is 37.1 Å². The third-order valence-electron chi connectivity index (χ3n) is 6.76. The Balaban J connectivity index is 1.27. The molecule has 4 rings (SSSR count). The summed E-state index contributed by atoms with van der Waals surface area (Å²) in [4.78, 5) is 61.7. The highest BCUT2D eigenvalue weighted by Crippen LogP contribution is 2.28. The van der Waals surface area contributed by atoms with Crippen molar-refractivity contribution in [1.29, 1.82) is 0 Å².